The number of hydrogen-bond donors (Lipinski definition) is 2. The van der Waals surface area contributed by atoms with E-state index in [0.29, 0.717) is 13.0 Å². The predicted octanol–water partition coefficient (Wildman–Crippen LogP) is -2.91. The Morgan fingerprint density at radius 2 is 2.11 bits per heavy atom. The van der Waals surface area contributed by atoms with Gasteiger partial charge in [-0.25, -0.2) is 14.2 Å². The molecule has 0 aromatic carbocycles. The Balaban J connectivity index is -0.000000562. The van der Waals surface area contributed by atoms with Crippen LogP contribution in [0.15, 0.2) is 11.0 Å². The number of rotatable bonds is 1. The second-order valence-electron chi connectivity index (χ2n) is 3.05. The van der Waals surface area contributed by atoms with Gasteiger partial charge >= 0.3 is 26.8 Å². The first-order valence-electron chi connectivity index (χ1n) is 4.26. The first-order chi connectivity index (χ1) is 6.68. The van der Waals surface area contributed by atoms with Gasteiger partial charge < -0.3 is 34.6 Å². The van der Waals surface area contributed by atoms with Crippen LogP contribution in [0.2, 0.25) is 0 Å². The maximum atomic E-state index is 12.8. The molecule has 108 valence electrons. The van der Waals surface area contributed by atoms with E-state index in [1.54, 1.807) is 0 Å². The SMILES string of the molecule is N.N.O=c1nc([O-])c(F)cn1C1CCCO1.[Cl-].[Pt+2]. The third-order valence-corrected chi connectivity index (χ3v) is 2.09. The Labute approximate surface area is 124 Å². The smallest absolute Gasteiger partial charge is 1.00 e. The van der Waals surface area contributed by atoms with E-state index in [2.05, 4.69) is 4.98 Å². The monoisotopic (exact) mass is 463 g/mol. The van der Waals surface area contributed by atoms with Gasteiger partial charge in [-0.1, -0.05) is 0 Å². The van der Waals surface area contributed by atoms with E-state index in [1.807, 2.05) is 0 Å². The number of nitrogens with zero attached hydrogens (tertiary/aromatic N) is 2. The van der Waals surface area contributed by atoms with Crippen LogP contribution in [0, 0.1) is 5.82 Å². The fourth-order valence-electron chi connectivity index (χ4n) is 1.42. The molecule has 1 atom stereocenters. The molecule has 0 saturated carbocycles. The van der Waals surface area contributed by atoms with Crippen LogP contribution in [0.3, 0.4) is 0 Å². The normalized spacial score (nSPS) is 16.6. The van der Waals surface area contributed by atoms with Crippen LogP contribution in [-0.4, -0.2) is 16.2 Å². The van der Waals surface area contributed by atoms with Gasteiger partial charge in [0.05, 0.1) is 0 Å². The number of halogens is 2. The van der Waals surface area contributed by atoms with Gasteiger partial charge in [-0.2, -0.15) is 0 Å². The molecule has 0 amide bonds. The van der Waals surface area contributed by atoms with Crippen molar-refractivity contribution in [3.63, 3.8) is 0 Å². The van der Waals surface area contributed by atoms with Gasteiger partial charge in [-0.05, 0) is 12.8 Å². The maximum Gasteiger partial charge on any atom is 2.00 e. The van der Waals surface area contributed by atoms with Crippen LogP contribution in [-0.2, 0) is 25.8 Å². The van der Waals surface area contributed by atoms with Gasteiger partial charge in [0, 0.05) is 18.7 Å². The van der Waals surface area contributed by atoms with Crippen LogP contribution in [0.5, 0.6) is 5.88 Å². The summed E-state index contributed by atoms with van der Waals surface area (Å²) < 4.78 is 19.0. The standard InChI is InChI=1S/C8H9FN2O3.ClH.2H3N.Pt/c9-5-4-11(6-2-1-3-14-6)8(13)10-7(5)12;;;;/h4,6H,1-3H2,(H,10,12,13);1H;2*1H3;/q;;;;+2/p-2. The summed E-state index contributed by atoms with van der Waals surface area (Å²) in [5.74, 6) is -2.15. The fourth-order valence-corrected chi connectivity index (χ4v) is 1.42. The Hall–Kier alpha value is -0.532. The molecule has 0 spiro atoms. The average Bonchev–Trinajstić information content (AvgIpc) is 2.64. The zero-order valence-corrected chi connectivity index (χ0v) is 12.4. The van der Waals surface area contributed by atoms with Gasteiger partial charge in [-0.3, -0.25) is 4.57 Å². The van der Waals surface area contributed by atoms with Gasteiger partial charge in [0.15, 0.2) is 5.82 Å². The topological polar surface area (TPSA) is 137 Å². The van der Waals surface area contributed by atoms with Gasteiger partial charge in [-0.15, -0.1) is 0 Å². The zero-order valence-electron chi connectivity index (χ0n) is 9.38. The minimum absolute atomic E-state index is 0. The minimum Gasteiger partial charge on any atom is -1.00 e. The van der Waals surface area contributed by atoms with Crippen molar-refractivity contribution in [2.24, 2.45) is 0 Å². The summed E-state index contributed by atoms with van der Waals surface area (Å²) in [4.78, 5) is 14.2. The summed E-state index contributed by atoms with van der Waals surface area (Å²) in [6, 6.07) is 0. The summed E-state index contributed by atoms with van der Waals surface area (Å²) >= 11 is 0. The van der Waals surface area contributed by atoms with E-state index in [1.165, 1.54) is 0 Å². The molecular formula is C8H14ClFN4O3Pt. The van der Waals surface area contributed by atoms with Gasteiger partial charge in [0.1, 0.15) is 6.23 Å². The molecule has 1 aromatic rings. The second-order valence-corrected chi connectivity index (χ2v) is 3.05. The molecule has 1 saturated heterocycles. The van der Waals surface area contributed by atoms with Crippen molar-refractivity contribution in [3.05, 3.63) is 22.5 Å². The quantitative estimate of drug-likeness (QED) is 0.458. The van der Waals surface area contributed by atoms with E-state index in [9.17, 15) is 14.3 Å². The Kier molecular flexibility index (Phi) is 11.8. The van der Waals surface area contributed by atoms with Crippen LogP contribution >= 0.6 is 0 Å². The van der Waals surface area contributed by atoms with Crippen LogP contribution in [0.1, 0.15) is 19.1 Å². The van der Waals surface area contributed by atoms with Crippen molar-refractivity contribution in [1.29, 1.82) is 0 Å². The van der Waals surface area contributed by atoms with E-state index >= 15 is 0 Å². The number of ether oxygens (including phenoxy) is 1. The molecule has 18 heavy (non-hydrogen) atoms. The minimum atomic E-state index is -1.12. The van der Waals surface area contributed by atoms with E-state index in [-0.39, 0.29) is 45.8 Å². The summed E-state index contributed by atoms with van der Waals surface area (Å²) in [5.41, 5.74) is -0.761. The summed E-state index contributed by atoms with van der Waals surface area (Å²) in [5, 5.41) is 10.7. The van der Waals surface area contributed by atoms with Crippen molar-refractivity contribution in [1.82, 2.24) is 21.9 Å². The molecule has 1 unspecified atom stereocenters. The molecule has 1 aliphatic heterocycles. The molecule has 1 aliphatic rings. The first kappa shape index (κ1) is 22.6. The molecule has 2 heterocycles. The first-order valence-corrected chi connectivity index (χ1v) is 4.26. The van der Waals surface area contributed by atoms with Crippen LogP contribution in [0.4, 0.5) is 4.39 Å². The molecule has 0 bridgehead atoms. The molecule has 1 aromatic heterocycles. The third kappa shape index (κ3) is 4.62. The van der Waals surface area contributed by atoms with Crippen molar-refractivity contribution in [3.8, 4) is 5.88 Å². The summed E-state index contributed by atoms with van der Waals surface area (Å²) in [6.07, 6.45) is 1.83. The Morgan fingerprint density at radius 1 is 1.50 bits per heavy atom. The molecule has 0 radical (unpaired) electrons. The third-order valence-electron chi connectivity index (χ3n) is 2.09. The van der Waals surface area contributed by atoms with Crippen molar-refractivity contribution < 1.29 is 47.7 Å². The molecule has 6 N–H and O–H groups in total. The molecule has 1 fully saturated rings. The predicted molar refractivity (Wildman–Crippen MR) is 52.2 cm³/mol. The van der Waals surface area contributed by atoms with Crippen molar-refractivity contribution in [2.75, 3.05) is 6.61 Å². The number of hydrogen-bond acceptors (Lipinski definition) is 6. The van der Waals surface area contributed by atoms with E-state index in [0.717, 1.165) is 17.2 Å². The van der Waals surface area contributed by atoms with E-state index in [4.69, 9.17) is 4.74 Å². The largest absolute Gasteiger partial charge is 2.00 e. The van der Waals surface area contributed by atoms with Crippen LogP contribution < -0.4 is 35.5 Å². The molecular weight excluding hydrogens is 450 g/mol. The fraction of sp³-hybridized carbons (Fsp3) is 0.500. The molecule has 2 rings (SSSR count). The Morgan fingerprint density at radius 3 is 2.61 bits per heavy atom. The van der Waals surface area contributed by atoms with Gasteiger partial charge in [0.2, 0.25) is 0 Å². The zero-order chi connectivity index (χ0) is 10.1. The molecule has 10 heteroatoms. The second kappa shape index (κ2) is 9.41. The molecule has 7 nitrogen and oxygen atoms in total. The number of aromatic nitrogens is 2. The average molecular weight is 464 g/mol. The molecule has 0 aliphatic carbocycles. The maximum absolute atomic E-state index is 12.8. The van der Waals surface area contributed by atoms with Crippen molar-refractivity contribution >= 4 is 0 Å². The van der Waals surface area contributed by atoms with E-state index < -0.39 is 23.6 Å². The summed E-state index contributed by atoms with van der Waals surface area (Å²) in [7, 11) is 0. The summed E-state index contributed by atoms with van der Waals surface area (Å²) in [6.45, 7) is 0.540. The Bertz CT molecular complexity index is 414. The van der Waals surface area contributed by atoms with Gasteiger partial charge in [0.25, 0.3) is 0 Å². The van der Waals surface area contributed by atoms with Crippen LogP contribution in [0.25, 0.3) is 0 Å². The van der Waals surface area contributed by atoms with Crippen molar-refractivity contribution in [2.45, 2.75) is 19.1 Å².